The monoisotopic (exact) mass is 484 g/mol. The molecule has 5 rings (SSSR count). The Kier molecular flexibility index (Phi) is 6.67. The third kappa shape index (κ3) is 4.93. The van der Waals surface area contributed by atoms with Gasteiger partial charge < -0.3 is 19.1 Å². The van der Waals surface area contributed by atoms with Gasteiger partial charge in [-0.25, -0.2) is 14.5 Å². The maximum Gasteiger partial charge on any atom is 0.341 e. The number of hydrogen-bond acceptors (Lipinski definition) is 8. The van der Waals surface area contributed by atoms with Gasteiger partial charge in [0.15, 0.2) is 11.2 Å². The van der Waals surface area contributed by atoms with Crippen molar-refractivity contribution >= 4 is 17.1 Å². The molecule has 0 fully saturated rings. The summed E-state index contributed by atoms with van der Waals surface area (Å²) < 4.78 is 14.5. The van der Waals surface area contributed by atoms with Gasteiger partial charge in [-0.2, -0.15) is 15.1 Å². The number of aliphatic hydroxyl groups is 1. The molecule has 0 spiro atoms. The van der Waals surface area contributed by atoms with Gasteiger partial charge in [-0.05, 0) is 23.6 Å². The van der Waals surface area contributed by atoms with Crippen LogP contribution in [0.15, 0.2) is 73.3 Å². The van der Waals surface area contributed by atoms with Crippen LogP contribution in [0.4, 0.5) is 0 Å². The number of esters is 1. The summed E-state index contributed by atoms with van der Waals surface area (Å²) in [5, 5.41) is 13.5. The summed E-state index contributed by atoms with van der Waals surface area (Å²) in [6, 6.07) is 17.5. The van der Waals surface area contributed by atoms with E-state index in [4.69, 9.17) is 9.47 Å². The summed E-state index contributed by atoms with van der Waals surface area (Å²) in [5.74, 6) is 0.0945. The molecule has 5 aromatic rings. The molecule has 0 atom stereocenters. The highest BCUT2D eigenvalue weighted by Gasteiger charge is 2.18. The molecule has 0 unspecified atom stereocenters. The fraction of sp³-hybridized carbons (Fsp3) is 0.192. The van der Waals surface area contributed by atoms with E-state index in [1.165, 1.54) is 17.1 Å². The molecule has 0 saturated carbocycles. The summed E-state index contributed by atoms with van der Waals surface area (Å²) in [6.07, 6.45) is 4.61. The number of carbonyl (C=O) groups is 1. The van der Waals surface area contributed by atoms with Crippen LogP contribution in [0.2, 0.25) is 0 Å². The van der Waals surface area contributed by atoms with E-state index in [1.807, 2.05) is 59.2 Å². The van der Waals surface area contributed by atoms with Crippen LogP contribution >= 0.6 is 0 Å². The molecular weight excluding hydrogens is 460 g/mol. The van der Waals surface area contributed by atoms with Crippen molar-refractivity contribution in [1.29, 1.82) is 0 Å². The molecule has 0 radical (unpaired) electrons. The molecule has 3 aromatic heterocycles. The van der Waals surface area contributed by atoms with Gasteiger partial charge in [-0.15, -0.1) is 0 Å². The average Bonchev–Trinajstić information content (AvgIpc) is 3.57. The van der Waals surface area contributed by atoms with Crippen LogP contribution in [-0.4, -0.2) is 47.0 Å². The second-order valence-electron chi connectivity index (χ2n) is 8.02. The van der Waals surface area contributed by atoms with Gasteiger partial charge in [-0.1, -0.05) is 54.6 Å². The second kappa shape index (κ2) is 10.4. The predicted octanol–water partition coefficient (Wildman–Crippen LogP) is 3.31. The second-order valence-corrected chi connectivity index (χ2v) is 8.02. The summed E-state index contributed by atoms with van der Waals surface area (Å²) in [4.78, 5) is 25.7. The maximum atomic E-state index is 12.1. The van der Waals surface area contributed by atoms with Crippen molar-refractivity contribution < 1.29 is 19.4 Å². The smallest absolute Gasteiger partial charge is 0.341 e. The van der Waals surface area contributed by atoms with Gasteiger partial charge in [-0.3, -0.25) is 0 Å². The van der Waals surface area contributed by atoms with Gasteiger partial charge in [0, 0.05) is 12.7 Å². The van der Waals surface area contributed by atoms with Gasteiger partial charge in [0.25, 0.3) is 5.95 Å². The van der Waals surface area contributed by atoms with Crippen molar-refractivity contribution in [3.05, 3.63) is 95.6 Å². The maximum absolute atomic E-state index is 12.1. The molecule has 2 aromatic carbocycles. The first-order chi connectivity index (χ1) is 17.6. The normalized spacial score (nSPS) is 11.1. The Balaban J connectivity index is 1.52. The number of fused-ring (bicyclic) bond motifs is 1. The standard InChI is InChI=1S/C26H24N6O4/c1-2-35-25(34)21-12-28-32(14-21)26-29-23-22(24(30-26)36-16-20-6-4-3-5-7-20)31(17-27-23)13-18-8-10-19(15-33)11-9-18/h3-12,14,17,33H,2,13,15-16H2,1H3. The summed E-state index contributed by atoms with van der Waals surface area (Å²) in [6.45, 7) is 2.82. The Hall–Kier alpha value is -4.57. The molecule has 10 heteroatoms. The third-order valence-corrected chi connectivity index (χ3v) is 5.50. The zero-order chi connectivity index (χ0) is 24.9. The van der Waals surface area contributed by atoms with Crippen LogP contribution in [0.3, 0.4) is 0 Å². The van der Waals surface area contributed by atoms with Crippen LogP contribution < -0.4 is 4.74 Å². The van der Waals surface area contributed by atoms with E-state index in [0.717, 1.165) is 16.7 Å². The fourth-order valence-corrected chi connectivity index (χ4v) is 3.68. The first-order valence-corrected chi connectivity index (χ1v) is 11.4. The van der Waals surface area contributed by atoms with Gasteiger partial charge >= 0.3 is 5.97 Å². The Morgan fingerprint density at radius 1 is 1.00 bits per heavy atom. The number of aliphatic hydroxyl groups excluding tert-OH is 1. The van der Waals surface area contributed by atoms with Crippen molar-refractivity contribution in [2.45, 2.75) is 26.7 Å². The number of hydrogen-bond donors (Lipinski definition) is 1. The van der Waals surface area contributed by atoms with Crippen molar-refractivity contribution in [1.82, 2.24) is 29.3 Å². The van der Waals surface area contributed by atoms with Crippen LogP contribution in [0.5, 0.6) is 5.88 Å². The zero-order valence-corrected chi connectivity index (χ0v) is 19.6. The average molecular weight is 485 g/mol. The molecule has 36 heavy (non-hydrogen) atoms. The number of rotatable bonds is 9. The molecule has 0 saturated heterocycles. The highest BCUT2D eigenvalue weighted by Crippen LogP contribution is 2.25. The number of carbonyl (C=O) groups excluding carboxylic acids is 1. The topological polar surface area (TPSA) is 117 Å². The molecule has 3 heterocycles. The molecule has 0 aliphatic rings. The van der Waals surface area contributed by atoms with Crippen molar-refractivity contribution in [2.75, 3.05) is 6.61 Å². The number of aromatic nitrogens is 6. The van der Waals surface area contributed by atoms with Crippen molar-refractivity contribution in [3.63, 3.8) is 0 Å². The van der Waals surface area contributed by atoms with Gasteiger partial charge in [0.2, 0.25) is 5.88 Å². The molecule has 182 valence electrons. The van der Waals surface area contributed by atoms with Crippen LogP contribution in [0, 0.1) is 0 Å². The Morgan fingerprint density at radius 3 is 2.53 bits per heavy atom. The summed E-state index contributed by atoms with van der Waals surface area (Å²) >= 11 is 0. The Labute approximate surface area is 206 Å². The van der Waals surface area contributed by atoms with E-state index in [-0.39, 0.29) is 19.2 Å². The number of ether oxygens (including phenoxy) is 2. The quantitative estimate of drug-likeness (QED) is 0.317. The number of nitrogens with zero attached hydrogens (tertiary/aromatic N) is 6. The molecule has 0 aliphatic carbocycles. The highest BCUT2D eigenvalue weighted by molar-refractivity contribution is 5.88. The number of benzene rings is 2. The first kappa shape index (κ1) is 23.2. The minimum absolute atomic E-state index is 0.00626. The lowest BCUT2D eigenvalue weighted by molar-refractivity contribution is 0.0526. The third-order valence-electron chi connectivity index (χ3n) is 5.50. The highest BCUT2D eigenvalue weighted by atomic mass is 16.5. The van der Waals surface area contributed by atoms with Crippen LogP contribution in [-0.2, 0) is 24.5 Å². The molecule has 1 N–H and O–H groups in total. The Bertz CT molecular complexity index is 1480. The molecular formula is C26H24N6O4. The van der Waals surface area contributed by atoms with E-state index in [9.17, 15) is 9.90 Å². The van der Waals surface area contributed by atoms with E-state index < -0.39 is 5.97 Å². The Morgan fingerprint density at radius 2 is 1.78 bits per heavy atom. The lowest BCUT2D eigenvalue weighted by atomic mass is 10.1. The van der Waals surface area contributed by atoms with Gasteiger partial charge in [0.05, 0.1) is 31.3 Å². The van der Waals surface area contributed by atoms with Crippen LogP contribution in [0.25, 0.3) is 17.1 Å². The van der Waals surface area contributed by atoms with E-state index >= 15 is 0 Å². The fourth-order valence-electron chi connectivity index (χ4n) is 3.68. The summed E-state index contributed by atoms with van der Waals surface area (Å²) in [5.41, 5.74) is 4.22. The first-order valence-electron chi connectivity index (χ1n) is 11.4. The van der Waals surface area contributed by atoms with Crippen molar-refractivity contribution in [2.24, 2.45) is 0 Å². The lowest BCUT2D eigenvalue weighted by Crippen LogP contribution is -2.08. The van der Waals surface area contributed by atoms with E-state index in [0.29, 0.717) is 35.8 Å². The largest absolute Gasteiger partial charge is 0.471 e. The zero-order valence-electron chi connectivity index (χ0n) is 19.6. The molecule has 0 bridgehead atoms. The molecule has 0 amide bonds. The molecule has 0 aliphatic heterocycles. The minimum atomic E-state index is -0.470. The van der Waals surface area contributed by atoms with Gasteiger partial charge in [0.1, 0.15) is 6.61 Å². The minimum Gasteiger partial charge on any atom is -0.471 e. The predicted molar refractivity (Wildman–Crippen MR) is 131 cm³/mol. The molecule has 10 nitrogen and oxygen atoms in total. The lowest BCUT2D eigenvalue weighted by Gasteiger charge is -2.11. The SMILES string of the molecule is CCOC(=O)c1cnn(-c2nc(OCc3ccccc3)c3c(ncn3Cc3ccc(CO)cc3)n2)c1. The number of imidazole rings is 1. The van der Waals surface area contributed by atoms with E-state index in [2.05, 4.69) is 20.1 Å². The summed E-state index contributed by atoms with van der Waals surface area (Å²) in [7, 11) is 0. The van der Waals surface area contributed by atoms with E-state index in [1.54, 1.807) is 13.3 Å². The van der Waals surface area contributed by atoms with Crippen LogP contribution in [0.1, 0.15) is 34.0 Å². The van der Waals surface area contributed by atoms with Crippen molar-refractivity contribution in [3.8, 4) is 11.8 Å².